The Hall–Kier alpha value is -1.35. The number of Topliss-reactive ketones (excluding diaryl/α,β-unsaturated/α-hetero) is 1. The largest absolute Gasteiger partial charge is 0.326 e. The number of rotatable bonds is 6. The van der Waals surface area contributed by atoms with Crippen LogP contribution in [0.4, 0.5) is 5.69 Å². The molecule has 0 radical (unpaired) electrons. The quantitative estimate of drug-likeness (QED) is 0.634. The Morgan fingerprint density at radius 3 is 2.33 bits per heavy atom. The molecule has 0 aliphatic rings. The summed E-state index contributed by atoms with van der Waals surface area (Å²) >= 11 is 5.55. The molecule has 1 amide bonds. The van der Waals surface area contributed by atoms with Gasteiger partial charge in [-0.25, -0.2) is 0 Å². The number of alkyl halides is 1. The van der Waals surface area contributed by atoms with Gasteiger partial charge in [0.1, 0.15) is 0 Å². The van der Waals surface area contributed by atoms with Crippen LogP contribution < -0.4 is 5.32 Å². The molecule has 1 aromatic rings. The standard InChI is InChI=1S/C14H18ClNO2/c1-10(2)14(18)16-12-7-5-11(6-8-12)13(17)4-3-9-15/h5-8,10H,3-4,9H2,1-2H3,(H,16,18). The average molecular weight is 268 g/mol. The second-order valence-electron chi connectivity index (χ2n) is 4.44. The van der Waals surface area contributed by atoms with E-state index < -0.39 is 0 Å². The first-order chi connectivity index (χ1) is 8.54. The predicted molar refractivity (Wildman–Crippen MR) is 74.2 cm³/mol. The van der Waals surface area contributed by atoms with Crippen molar-refractivity contribution in [3.8, 4) is 0 Å². The number of nitrogens with one attached hydrogen (secondary N) is 1. The summed E-state index contributed by atoms with van der Waals surface area (Å²) in [6, 6.07) is 6.95. The van der Waals surface area contributed by atoms with Gasteiger partial charge < -0.3 is 5.32 Å². The third kappa shape index (κ3) is 4.49. The Labute approximate surface area is 113 Å². The smallest absolute Gasteiger partial charge is 0.226 e. The van der Waals surface area contributed by atoms with Crippen LogP contribution >= 0.6 is 11.6 Å². The molecule has 0 unspecified atom stereocenters. The number of benzene rings is 1. The van der Waals surface area contributed by atoms with Crippen LogP contribution in [0.3, 0.4) is 0 Å². The van der Waals surface area contributed by atoms with Gasteiger partial charge >= 0.3 is 0 Å². The highest BCUT2D eigenvalue weighted by Crippen LogP contribution is 2.13. The van der Waals surface area contributed by atoms with Gasteiger partial charge in [0.05, 0.1) is 0 Å². The lowest BCUT2D eigenvalue weighted by Gasteiger charge is -2.08. The van der Waals surface area contributed by atoms with E-state index in [0.29, 0.717) is 30.0 Å². The van der Waals surface area contributed by atoms with E-state index >= 15 is 0 Å². The van der Waals surface area contributed by atoms with E-state index in [2.05, 4.69) is 5.32 Å². The molecule has 4 heteroatoms. The van der Waals surface area contributed by atoms with Crippen LogP contribution in [-0.2, 0) is 4.79 Å². The molecule has 98 valence electrons. The first-order valence-corrected chi connectivity index (χ1v) is 6.58. The van der Waals surface area contributed by atoms with Crippen LogP contribution in [0.2, 0.25) is 0 Å². The lowest BCUT2D eigenvalue weighted by molar-refractivity contribution is -0.118. The number of hydrogen-bond donors (Lipinski definition) is 1. The highest BCUT2D eigenvalue weighted by Gasteiger charge is 2.08. The van der Waals surface area contributed by atoms with E-state index in [1.807, 2.05) is 13.8 Å². The molecular formula is C14H18ClNO2. The number of ketones is 1. The van der Waals surface area contributed by atoms with Crippen molar-refractivity contribution in [1.29, 1.82) is 0 Å². The van der Waals surface area contributed by atoms with E-state index in [-0.39, 0.29) is 17.6 Å². The maximum absolute atomic E-state index is 11.7. The molecule has 18 heavy (non-hydrogen) atoms. The SMILES string of the molecule is CC(C)C(=O)Nc1ccc(C(=O)CCCCl)cc1. The van der Waals surface area contributed by atoms with Crippen LogP contribution in [0.5, 0.6) is 0 Å². The lowest BCUT2D eigenvalue weighted by atomic mass is 10.1. The van der Waals surface area contributed by atoms with Crippen molar-refractivity contribution < 1.29 is 9.59 Å². The number of halogens is 1. The van der Waals surface area contributed by atoms with Crippen molar-refractivity contribution in [3.05, 3.63) is 29.8 Å². The Morgan fingerprint density at radius 1 is 1.22 bits per heavy atom. The van der Waals surface area contributed by atoms with Crippen molar-refractivity contribution in [2.45, 2.75) is 26.7 Å². The molecule has 0 aliphatic carbocycles. The number of carbonyl (C=O) groups excluding carboxylic acids is 2. The first kappa shape index (κ1) is 14.7. The van der Waals surface area contributed by atoms with Crippen LogP contribution in [0, 0.1) is 5.92 Å². The fraction of sp³-hybridized carbons (Fsp3) is 0.429. The second kappa shape index (κ2) is 7.17. The minimum atomic E-state index is -0.0602. The van der Waals surface area contributed by atoms with Gasteiger partial charge in [0.2, 0.25) is 5.91 Å². The fourth-order valence-electron chi connectivity index (χ4n) is 1.40. The van der Waals surface area contributed by atoms with Crippen LogP contribution in [0.1, 0.15) is 37.0 Å². The average Bonchev–Trinajstić information content (AvgIpc) is 2.36. The third-order valence-corrected chi connectivity index (χ3v) is 2.80. The number of hydrogen-bond acceptors (Lipinski definition) is 2. The molecule has 0 aliphatic heterocycles. The van der Waals surface area contributed by atoms with Gasteiger partial charge in [-0.05, 0) is 30.7 Å². The Balaban J connectivity index is 2.62. The molecule has 0 bridgehead atoms. The highest BCUT2D eigenvalue weighted by atomic mass is 35.5. The second-order valence-corrected chi connectivity index (χ2v) is 4.81. The summed E-state index contributed by atoms with van der Waals surface area (Å²) < 4.78 is 0. The van der Waals surface area contributed by atoms with Crippen LogP contribution in [0.15, 0.2) is 24.3 Å². The minimum Gasteiger partial charge on any atom is -0.326 e. The Morgan fingerprint density at radius 2 is 1.83 bits per heavy atom. The molecule has 0 saturated heterocycles. The van der Waals surface area contributed by atoms with Gasteiger partial charge in [-0.1, -0.05) is 13.8 Å². The van der Waals surface area contributed by atoms with Gasteiger partial charge in [0, 0.05) is 29.5 Å². The molecule has 0 spiro atoms. The predicted octanol–water partition coefficient (Wildman–Crippen LogP) is 3.48. The Kier molecular flexibility index (Phi) is 5.86. The van der Waals surface area contributed by atoms with Crippen molar-refractivity contribution in [2.24, 2.45) is 5.92 Å². The van der Waals surface area contributed by atoms with E-state index in [0.717, 1.165) is 0 Å². The topological polar surface area (TPSA) is 46.2 Å². The first-order valence-electron chi connectivity index (χ1n) is 6.04. The van der Waals surface area contributed by atoms with Crippen molar-refractivity contribution >= 4 is 29.0 Å². The van der Waals surface area contributed by atoms with Crippen LogP contribution in [0.25, 0.3) is 0 Å². The summed E-state index contributed by atoms with van der Waals surface area (Å²) in [6.07, 6.45) is 1.15. The molecule has 0 saturated carbocycles. The van der Waals surface area contributed by atoms with E-state index in [1.54, 1.807) is 24.3 Å². The Bertz CT molecular complexity index is 412. The molecule has 0 atom stereocenters. The molecule has 0 heterocycles. The maximum Gasteiger partial charge on any atom is 0.226 e. The summed E-state index contributed by atoms with van der Waals surface area (Å²) in [5, 5.41) is 2.78. The van der Waals surface area contributed by atoms with E-state index in [9.17, 15) is 9.59 Å². The summed E-state index contributed by atoms with van der Waals surface area (Å²) in [5.74, 6) is 0.484. The summed E-state index contributed by atoms with van der Waals surface area (Å²) in [7, 11) is 0. The van der Waals surface area contributed by atoms with E-state index in [1.165, 1.54) is 0 Å². The minimum absolute atomic E-state index is 0.0313. The maximum atomic E-state index is 11.7. The van der Waals surface area contributed by atoms with Crippen molar-refractivity contribution in [1.82, 2.24) is 0 Å². The van der Waals surface area contributed by atoms with E-state index in [4.69, 9.17) is 11.6 Å². The monoisotopic (exact) mass is 267 g/mol. The number of amides is 1. The lowest BCUT2D eigenvalue weighted by Crippen LogP contribution is -2.17. The summed E-state index contributed by atoms with van der Waals surface area (Å²) in [6.45, 7) is 3.67. The fourth-order valence-corrected chi connectivity index (χ4v) is 1.53. The van der Waals surface area contributed by atoms with Crippen molar-refractivity contribution in [2.75, 3.05) is 11.2 Å². The number of anilines is 1. The zero-order valence-corrected chi connectivity index (χ0v) is 11.5. The van der Waals surface area contributed by atoms with Gasteiger partial charge in [0.15, 0.2) is 5.78 Å². The van der Waals surface area contributed by atoms with Crippen LogP contribution in [-0.4, -0.2) is 17.6 Å². The normalized spacial score (nSPS) is 10.4. The molecule has 1 aromatic carbocycles. The van der Waals surface area contributed by atoms with Gasteiger partial charge in [-0.15, -0.1) is 11.6 Å². The van der Waals surface area contributed by atoms with Gasteiger partial charge in [0.25, 0.3) is 0 Å². The molecule has 0 aromatic heterocycles. The van der Waals surface area contributed by atoms with Crippen molar-refractivity contribution in [3.63, 3.8) is 0 Å². The number of carbonyl (C=O) groups is 2. The zero-order chi connectivity index (χ0) is 13.5. The molecule has 0 fully saturated rings. The van der Waals surface area contributed by atoms with Gasteiger partial charge in [-0.3, -0.25) is 9.59 Å². The molecule has 3 nitrogen and oxygen atoms in total. The summed E-state index contributed by atoms with van der Waals surface area (Å²) in [4.78, 5) is 23.2. The molecule has 1 rings (SSSR count). The zero-order valence-electron chi connectivity index (χ0n) is 10.7. The highest BCUT2D eigenvalue weighted by molar-refractivity contribution is 6.18. The molecule has 1 N–H and O–H groups in total. The summed E-state index contributed by atoms with van der Waals surface area (Å²) in [5.41, 5.74) is 1.37. The van der Waals surface area contributed by atoms with Gasteiger partial charge in [-0.2, -0.15) is 0 Å². The third-order valence-electron chi connectivity index (χ3n) is 2.54. The molecular weight excluding hydrogens is 250 g/mol.